The summed E-state index contributed by atoms with van der Waals surface area (Å²) in [6.45, 7) is 7.63. The summed E-state index contributed by atoms with van der Waals surface area (Å²) in [6, 6.07) is 6.98. The van der Waals surface area contributed by atoms with Gasteiger partial charge in [0.25, 0.3) is 0 Å². The van der Waals surface area contributed by atoms with E-state index in [-0.39, 0.29) is 72.4 Å². The molecule has 3 aliphatic rings. The number of aliphatic hydroxyl groups is 6. The number of carboxylic acids is 3. The average molecular weight is 1430 g/mol. The Bertz CT molecular complexity index is 3720. The molecule has 3 saturated heterocycles. The molecule has 7 aromatic rings. The third kappa shape index (κ3) is 20.8. The highest BCUT2D eigenvalue weighted by atomic mass is 32.2. The van der Waals surface area contributed by atoms with Crippen LogP contribution in [-0.4, -0.2) is 242 Å². The van der Waals surface area contributed by atoms with Crippen LogP contribution >= 0.6 is 0 Å². The molecule has 6 unspecified atom stereocenters. The van der Waals surface area contributed by atoms with Gasteiger partial charge in [-0.1, -0.05) is 72.5 Å². The lowest BCUT2D eigenvalue weighted by Gasteiger charge is -2.17. The molecule has 18 atom stereocenters. The minimum absolute atomic E-state index is 0. The smallest absolute Gasteiger partial charge is 0.320 e. The Morgan fingerprint density at radius 3 is 1.21 bits per heavy atom. The number of aromatic nitrogens is 12. The Morgan fingerprint density at radius 2 is 0.867 bits per heavy atom. The van der Waals surface area contributed by atoms with Gasteiger partial charge in [-0.25, -0.2) is 44.9 Å². The number of rotatable bonds is 26. The van der Waals surface area contributed by atoms with Gasteiger partial charge < -0.3 is 94.6 Å². The molecule has 0 amide bonds. The van der Waals surface area contributed by atoms with Crippen molar-refractivity contribution in [2.24, 2.45) is 17.2 Å². The maximum atomic E-state index is 11.2. The SMILES string of the molecule is C.C.C.CC.CC#CC[S+](CC[C@H](N)C(=O)O)C[C@H]1O[C@@H](n2cnc3c(N)ncnc32)[C@@H](O)C1O.CC=CC[S+](CC[C@H](N)C(=O)O)C[C@H]1O[C@@H](n2cnc3c(N)ncnc32)[C@@H](O)C1O.Nc1ncnc2c1ncn2[C@@H]1O[C@H](C[S+](CC[C@H](N)C(=O)O)Cc2ccccc2)C(O)[C@@H]1O. The fraction of sp³-hybridized carbons (Fsp3) is 0.548. The van der Waals surface area contributed by atoms with E-state index in [4.69, 9.17) is 63.9 Å². The van der Waals surface area contributed by atoms with E-state index in [1.807, 2.05) is 63.3 Å². The summed E-state index contributed by atoms with van der Waals surface area (Å²) < 4.78 is 22.6. The van der Waals surface area contributed by atoms with Crippen LogP contribution in [0.1, 0.15) is 93.5 Å². The standard InChI is InChI=1S/C21H26N6O5S.C18H26N6O5S.C18H24N6O5S.C2H6.3CH4/c22-13(21(30)31)6-7-33(8-12-4-2-1-3-5-12)9-14-16(28)17(29)20(32-14)27-11-26-15-18(23)24-10-25-19(15)27;2*1-2-3-5-30(6-4-10(19)18(27)28)7-11-13(25)14(26)17(29-11)24-9-23-12-15(20)21-8-22-16(12)24;1-2;;;/h1-5,10-11,13-14,16-17,20,28-29H,6-9,22H2,(H2-,23,24,25,30,31);2-3,8-11,13-14,17,25-26H,4-7,19H2,1H3,(H2-,20,21,22,27,28);8-11,13-14,17,25-26H,4-7,19H2,1H3,(H2-,20,21,22,27,28);1-2H3;3*1H4/p+3/t13-,14+,16?,17-,20+,33?;2*10-,11+,13?,14-,17+,30?;;;;/m000..../s1. The molecule has 3 aliphatic heterocycles. The number of anilines is 3. The van der Waals surface area contributed by atoms with Crippen LogP contribution in [0.2, 0.25) is 0 Å². The number of nitrogens with zero attached hydrogens (tertiary/aromatic N) is 12. The van der Waals surface area contributed by atoms with E-state index in [0.29, 0.717) is 105 Å². The molecule has 33 nitrogen and oxygen atoms in total. The molecule has 0 radical (unpaired) electrons. The van der Waals surface area contributed by atoms with Crippen molar-refractivity contribution in [3.8, 4) is 11.8 Å². The second-order valence-electron chi connectivity index (χ2n) is 22.0. The molecule has 21 N–H and O–H groups in total. The highest BCUT2D eigenvalue weighted by molar-refractivity contribution is 7.97. The topological polar surface area (TPSA) is 548 Å². The van der Waals surface area contributed by atoms with Crippen molar-refractivity contribution in [3.63, 3.8) is 0 Å². The quantitative estimate of drug-likeness (QED) is 0.0194. The summed E-state index contributed by atoms with van der Waals surface area (Å²) in [5, 5.41) is 91.0. The zero-order chi connectivity index (χ0) is 69.2. The van der Waals surface area contributed by atoms with E-state index in [0.717, 1.165) is 5.56 Å². The molecule has 9 heterocycles. The van der Waals surface area contributed by atoms with Gasteiger partial charge in [0.2, 0.25) is 0 Å². The number of ether oxygens (including phenoxy) is 3. The van der Waals surface area contributed by atoms with E-state index < -0.39 is 110 Å². The van der Waals surface area contributed by atoms with Crippen LogP contribution < -0.4 is 34.4 Å². The number of nitrogen functional groups attached to an aromatic ring is 3. The van der Waals surface area contributed by atoms with E-state index in [9.17, 15) is 45.0 Å². The second-order valence-corrected chi connectivity index (χ2v) is 28.8. The van der Waals surface area contributed by atoms with Crippen LogP contribution in [0.4, 0.5) is 17.5 Å². The van der Waals surface area contributed by atoms with Gasteiger partial charge in [0.05, 0.1) is 19.0 Å². The van der Waals surface area contributed by atoms with Crippen molar-refractivity contribution in [1.82, 2.24) is 58.6 Å². The third-order valence-electron chi connectivity index (χ3n) is 15.5. The summed E-state index contributed by atoms with van der Waals surface area (Å²) in [6.07, 6.45) is 1.48. The maximum Gasteiger partial charge on any atom is 0.320 e. The van der Waals surface area contributed by atoms with Gasteiger partial charge in [-0.2, -0.15) is 0 Å². The molecule has 0 bridgehead atoms. The number of allylic oxidation sites excluding steroid dienone is 1. The number of aliphatic carboxylic acids is 3. The van der Waals surface area contributed by atoms with Gasteiger partial charge >= 0.3 is 17.9 Å². The predicted octanol–water partition coefficient (Wildman–Crippen LogP) is 0.0781. The monoisotopic (exact) mass is 1430 g/mol. The number of hydrogen-bond donors (Lipinski definition) is 15. The molecule has 0 spiro atoms. The Kier molecular flexibility index (Phi) is 33.3. The molecule has 1 aromatic carbocycles. The molecule has 36 heteroatoms. The summed E-state index contributed by atoms with van der Waals surface area (Å²) in [7, 11) is -0.980. The van der Waals surface area contributed by atoms with Gasteiger partial charge in [-0.3, -0.25) is 28.1 Å². The zero-order valence-corrected chi connectivity index (χ0v) is 55.1. The summed E-state index contributed by atoms with van der Waals surface area (Å²) in [5.74, 6) is 8.28. The highest BCUT2D eigenvalue weighted by Gasteiger charge is 2.50. The van der Waals surface area contributed by atoms with Crippen LogP contribution in [0, 0.1) is 11.8 Å². The molecule has 98 heavy (non-hydrogen) atoms. The lowest BCUT2D eigenvalue weighted by Crippen LogP contribution is -2.38. The minimum atomic E-state index is -1.20. The molecule has 0 saturated carbocycles. The lowest BCUT2D eigenvalue weighted by atomic mass is 10.1. The van der Waals surface area contributed by atoms with E-state index in [2.05, 4.69) is 56.7 Å². The van der Waals surface area contributed by atoms with Crippen LogP contribution in [-0.2, 0) is 67.0 Å². The Morgan fingerprint density at radius 1 is 0.531 bits per heavy atom. The van der Waals surface area contributed by atoms with Crippen molar-refractivity contribution < 1.29 is 74.6 Å². The van der Waals surface area contributed by atoms with E-state index in [1.54, 1.807) is 6.92 Å². The van der Waals surface area contributed by atoms with Crippen LogP contribution in [0.5, 0.6) is 0 Å². The van der Waals surface area contributed by atoms with Crippen LogP contribution in [0.3, 0.4) is 0 Å². The van der Waals surface area contributed by atoms with E-state index in [1.165, 1.54) is 51.7 Å². The van der Waals surface area contributed by atoms with Crippen molar-refractivity contribution in [1.29, 1.82) is 0 Å². The zero-order valence-electron chi connectivity index (χ0n) is 52.7. The Labute approximate surface area is 576 Å². The molecule has 3 fully saturated rings. The van der Waals surface area contributed by atoms with Gasteiger partial charge in [0.1, 0.15) is 155 Å². The molecule has 0 aliphatic carbocycles. The maximum absolute atomic E-state index is 11.2. The van der Waals surface area contributed by atoms with Crippen LogP contribution in [0.15, 0.2) is 80.4 Å². The van der Waals surface area contributed by atoms with Crippen LogP contribution in [0.25, 0.3) is 33.5 Å². The van der Waals surface area contributed by atoms with Crippen molar-refractivity contribution in [2.75, 3.05) is 63.2 Å². The van der Waals surface area contributed by atoms with Gasteiger partial charge in [-0.15, -0.1) is 5.92 Å². The van der Waals surface area contributed by atoms with Crippen molar-refractivity contribution >= 4 is 102 Å². The minimum Gasteiger partial charge on any atom is -0.480 e. The lowest BCUT2D eigenvalue weighted by molar-refractivity contribution is -0.139. The fourth-order valence-electron chi connectivity index (χ4n) is 10.3. The molecule has 540 valence electrons. The number of aliphatic hydroxyl groups excluding tert-OH is 6. The van der Waals surface area contributed by atoms with Gasteiger partial charge in [-0.05, 0) is 47.6 Å². The largest absolute Gasteiger partial charge is 0.480 e. The first-order chi connectivity index (χ1) is 45.5. The fourth-order valence-corrected chi connectivity index (χ4v) is 17.1. The molecule has 6 aromatic heterocycles. The third-order valence-corrected chi connectivity index (χ3v) is 22.3. The predicted molar refractivity (Wildman–Crippen MR) is 379 cm³/mol. The van der Waals surface area contributed by atoms with E-state index >= 15 is 0 Å². The van der Waals surface area contributed by atoms with Gasteiger partial charge in [0.15, 0.2) is 58.8 Å². The number of fused-ring (bicyclic) bond motifs is 3. The number of imidazole rings is 3. The second kappa shape index (κ2) is 39.4. The summed E-state index contributed by atoms with van der Waals surface area (Å²) >= 11 is 0. The Hall–Kier alpha value is -7.45. The normalized spacial score (nSPS) is 24.3. The van der Waals surface area contributed by atoms with Gasteiger partial charge in [0, 0.05) is 35.7 Å². The highest BCUT2D eigenvalue weighted by Crippen LogP contribution is 2.36. The first kappa shape index (κ1) is 83.0. The summed E-state index contributed by atoms with van der Waals surface area (Å²) in [5.41, 5.74) is 37.9. The number of nitrogens with two attached hydrogens (primary N) is 6. The number of benzene rings is 1. The van der Waals surface area contributed by atoms with Crippen molar-refractivity contribution in [3.05, 3.63) is 86.0 Å². The van der Waals surface area contributed by atoms with Crippen molar-refractivity contribution in [2.45, 2.75) is 167 Å². The summed E-state index contributed by atoms with van der Waals surface area (Å²) in [4.78, 5) is 69.9. The average Bonchev–Trinajstić information content (AvgIpc) is 1.64. The molecule has 10 rings (SSSR count). The molecular formula is C62H97N18O15S3+3. The Balaban J connectivity index is 0.000000304. The first-order valence-electron chi connectivity index (χ1n) is 30.3. The molecular weight excluding hydrogens is 1330 g/mol. The number of carboxylic acid groups (broad SMARTS) is 3. The first-order valence-corrected chi connectivity index (χ1v) is 35.5. The number of carbonyl (C=O) groups is 3. The number of hydrogen-bond acceptors (Lipinski definition) is 27.